The van der Waals surface area contributed by atoms with Crippen molar-refractivity contribution < 1.29 is 34.0 Å². The van der Waals surface area contributed by atoms with Gasteiger partial charge in [-0.3, -0.25) is 19.8 Å². The summed E-state index contributed by atoms with van der Waals surface area (Å²) < 4.78 is 17.2. The molecule has 178 valence electrons. The van der Waals surface area contributed by atoms with Crippen LogP contribution in [0.1, 0.15) is 13.8 Å². The average Bonchev–Trinajstić information content (AvgIpc) is 3.12. The second kappa shape index (κ2) is 9.61. The number of amides is 2. The van der Waals surface area contributed by atoms with Crippen LogP contribution in [0.3, 0.4) is 0 Å². The highest BCUT2D eigenvalue weighted by Crippen LogP contribution is 2.32. The highest BCUT2D eigenvalue weighted by atomic mass is 32.1. The average molecular weight is 485 g/mol. The largest absolute Gasteiger partial charge is 0.457 e. The smallest absolute Gasteiger partial charge is 0.269 e. The maximum Gasteiger partial charge on any atom is 0.269 e. The Labute approximate surface area is 201 Å². The third-order valence-electron chi connectivity index (χ3n) is 5.24. The number of ether oxygens (including phenoxy) is 3. The van der Waals surface area contributed by atoms with E-state index in [4.69, 9.17) is 26.4 Å². The number of para-hydroxylation sites is 1. The van der Waals surface area contributed by atoms with E-state index in [2.05, 4.69) is 5.32 Å². The first-order valence-corrected chi connectivity index (χ1v) is 11.0. The molecule has 0 aliphatic carbocycles. The highest BCUT2D eigenvalue weighted by molar-refractivity contribution is 7.80. The maximum absolute atomic E-state index is 13.3. The van der Waals surface area contributed by atoms with Gasteiger partial charge < -0.3 is 24.4 Å². The second-order valence-corrected chi connectivity index (χ2v) is 8.59. The summed E-state index contributed by atoms with van der Waals surface area (Å²) in [5, 5.41) is 21.9. The third kappa shape index (κ3) is 5.01. The fourth-order valence-electron chi connectivity index (χ4n) is 3.71. The van der Waals surface area contributed by atoms with Crippen LogP contribution in [0.4, 0.5) is 5.69 Å². The lowest BCUT2D eigenvalue weighted by Crippen LogP contribution is -2.54. The molecule has 2 heterocycles. The van der Waals surface area contributed by atoms with E-state index < -0.39 is 42.5 Å². The van der Waals surface area contributed by atoms with Crippen molar-refractivity contribution in [3.63, 3.8) is 0 Å². The van der Waals surface area contributed by atoms with Crippen molar-refractivity contribution in [3.05, 3.63) is 66.2 Å². The SMILES string of the molecule is CC1(C)OC([C@H](O)CO)[C@H](/C=C2/C(=O)NC(=S)N(c3ccc(Oc4ccccc4)cc3)C2=O)O1. The van der Waals surface area contributed by atoms with Crippen LogP contribution < -0.4 is 15.0 Å². The number of aliphatic hydroxyl groups is 2. The lowest BCUT2D eigenvalue weighted by Gasteiger charge is -2.29. The number of aliphatic hydroxyl groups excluding tert-OH is 2. The first-order valence-electron chi connectivity index (χ1n) is 10.6. The fourth-order valence-corrected chi connectivity index (χ4v) is 3.99. The summed E-state index contributed by atoms with van der Waals surface area (Å²) in [4.78, 5) is 27.1. The summed E-state index contributed by atoms with van der Waals surface area (Å²) in [5.41, 5.74) is 0.205. The monoisotopic (exact) mass is 484 g/mol. The van der Waals surface area contributed by atoms with Gasteiger partial charge in [-0.1, -0.05) is 18.2 Å². The van der Waals surface area contributed by atoms with Gasteiger partial charge >= 0.3 is 0 Å². The van der Waals surface area contributed by atoms with Crippen LogP contribution in [0.15, 0.2) is 66.2 Å². The molecule has 3 atom stereocenters. The molecular formula is C24H24N2O7S. The Morgan fingerprint density at radius 2 is 1.76 bits per heavy atom. The summed E-state index contributed by atoms with van der Waals surface area (Å²) in [6, 6.07) is 15.9. The molecular weight excluding hydrogens is 460 g/mol. The van der Waals surface area contributed by atoms with E-state index in [1.54, 1.807) is 38.1 Å². The number of anilines is 1. The first kappa shape index (κ1) is 24.0. The molecule has 0 radical (unpaired) electrons. The minimum atomic E-state index is -1.26. The van der Waals surface area contributed by atoms with Crippen LogP contribution in [0, 0.1) is 0 Å². The van der Waals surface area contributed by atoms with E-state index in [1.807, 2.05) is 30.3 Å². The second-order valence-electron chi connectivity index (χ2n) is 8.20. The normalized spacial score (nSPS) is 24.3. The zero-order chi connectivity index (χ0) is 24.5. The van der Waals surface area contributed by atoms with E-state index in [9.17, 15) is 19.8 Å². The predicted molar refractivity (Wildman–Crippen MR) is 126 cm³/mol. The van der Waals surface area contributed by atoms with Crippen molar-refractivity contribution >= 4 is 34.8 Å². The van der Waals surface area contributed by atoms with Gasteiger partial charge in [0.1, 0.15) is 35.4 Å². The lowest BCUT2D eigenvalue weighted by molar-refractivity contribution is -0.155. The van der Waals surface area contributed by atoms with Crippen molar-refractivity contribution in [1.82, 2.24) is 5.32 Å². The third-order valence-corrected chi connectivity index (χ3v) is 5.52. The van der Waals surface area contributed by atoms with Gasteiger partial charge in [-0.2, -0.15) is 0 Å². The zero-order valence-electron chi connectivity index (χ0n) is 18.5. The van der Waals surface area contributed by atoms with E-state index in [0.717, 1.165) is 0 Å². The Morgan fingerprint density at radius 1 is 1.12 bits per heavy atom. The minimum absolute atomic E-state index is 0.0697. The standard InChI is InChI=1S/C24H24N2O7S/c1-24(2)32-19(20(33-24)18(28)13-27)12-17-21(29)25-23(34)26(22(17)30)14-8-10-16(11-9-14)31-15-6-4-3-5-7-15/h3-12,18-20,27-28H,13H2,1-2H3,(H,25,29,34)/b17-12-/t18-,19+,20?/m1/s1. The van der Waals surface area contributed by atoms with Gasteiger partial charge in [-0.25, -0.2) is 0 Å². The summed E-state index contributed by atoms with van der Waals surface area (Å²) in [6.07, 6.45) is -1.89. The van der Waals surface area contributed by atoms with E-state index in [-0.39, 0.29) is 10.7 Å². The van der Waals surface area contributed by atoms with Crippen LogP contribution in [-0.4, -0.2) is 57.8 Å². The maximum atomic E-state index is 13.3. The first-order chi connectivity index (χ1) is 16.2. The molecule has 2 aromatic rings. The van der Waals surface area contributed by atoms with Crippen LogP contribution in [0.25, 0.3) is 0 Å². The predicted octanol–water partition coefficient (Wildman–Crippen LogP) is 2.03. The molecule has 10 heteroatoms. The fraction of sp³-hybridized carbons (Fsp3) is 0.292. The summed E-state index contributed by atoms with van der Waals surface area (Å²) in [5.74, 6) is -1.21. The van der Waals surface area contributed by atoms with Gasteiger partial charge in [0.05, 0.1) is 12.3 Å². The number of thiocarbonyl (C=S) groups is 1. The Balaban J connectivity index is 1.58. The number of hydrogen-bond donors (Lipinski definition) is 3. The molecule has 4 rings (SSSR count). The minimum Gasteiger partial charge on any atom is -0.457 e. The number of nitrogens with one attached hydrogen (secondary N) is 1. The Kier molecular flexibility index (Phi) is 6.78. The summed E-state index contributed by atoms with van der Waals surface area (Å²) >= 11 is 5.24. The van der Waals surface area contributed by atoms with Gasteiger partial charge in [0.25, 0.3) is 11.8 Å². The highest BCUT2D eigenvalue weighted by Gasteiger charge is 2.45. The van der Waals surface area contributed by atoms with E-state index in [0.29, 0.717) is 17.2 Å². The molecule has 0 saturated carbocycles. The number of carbonyl (C=O) groups is 2. The molecule has 0 bridgehead atoms. The molecule has 2 saturated heterocycles. The number of nitrogens with zero attached hydrogens (tertiary/aromatic N) is 1. The molecule has 1 unspecified atom stereocenters. The molecule has 2 aromatic carbocycles. The van der Waals surface area contributed by atoms with Crippen LogP contribution in [-0.2, 0) is 19.1 Å². The number of hydrogen-bond acceptors (Lipinski definition) is 8. The van der Waals surface area contributed by atoms with Gasteiger partial charge in [0, 0.05) is 0 Å². The molecule has 34 heavy (non-hydrogen) atoms. The van der Waals surface area contributed by atoms with Gasteiger partial charge in [-0.15, -0.1) is 0 Å². The van der Waals surface area contributed by atoms with Crippen LogP contribution in [0.2, 0.25) is 0 Å². The molecule has 2 aliphatic rings. The van der Waals surface area contributed by atoms with Crippen molar-refractivity contribution in [2.45, 2.75) is 37.9 Å². The molecule has 0 spiro atoms. The lowest BCUT2D eigenvalue weighted by atomic mass is 10.0. The van der Waals surface area contributed by atoms with Crippen molar-refractivity contribution in [2.75, 3.05) is 11.5 Å². The quantitative estimate of drug-likeness (QED) is 0.324. The number of carbonyl (C=O) groups excluding carboxylic acids is 2. The molecule has 9 nitrogen and oxygen atoms in total. The Morgan fingerprint density at radius 3 is 2.41 bits per heavy atom. The summed E-state index contributed by atoms with van der Waals surface area (Å²) in [6.45, 7) is 2.69. The van der Waals surface area contributed by atoms with Gasteiger partial charge in [-0.05, 0) is 68.5 Å². The number of rotatable bonds is 6. The topological polar surface area (TPSA) is 118 Å². The van der Waals surface area contributed by atoms with Crippen molar-refractivity contribution in [3.8, 4) is 11.5 Å². The Hall–Kier alpha value is -3.15. The Bertz CT molecular complexity index is 1120. The molecule has 0 aromatic heterocycles. The van der Waals surface area contributed by atoms with E-state index in [1.165, 1.54) is 11.0 Å². The molecule has 3 N–H and O–H groups in total. The molecule has 2 aliphatic heterocycles. The molecule has 2 amide bonds. The number of benzene rings is 2. The van der Waals surface area contributed by atoms with Crippen LogP contribution in [0.5, 0.6) is 11.5 Å². The van der Waals surface area contributed by atoms with Crippen molar-refractivity contribution in [2.24, 2.45) is 0 Å². The van der Waals surface area contributed by atoms with Gasteiger partial charge in [0.15, 0.2) is 10.9 Å². The van der Waals surface area contributed by atoms with E-state index >= 15 is 0 Å². The summed E-state index contributed by atoms with van der Waals surface area (Å²) in [7, 11) is 0. The van der Waals surface area contributed by atoms with Crippen molar-refractivity contribution in [1.29, 1.82) is 0 Å². The van der Waals surface area contributed by atoms with Gasteiger partial charge in [0.2, 0.25) is 0 Å². The zero-order valence-corrected chi connectivity index (χ0v) is 19.3. The molecule has 2 fully saturated rings. The van der Waals surface area contributed by atoms with Crippen LogP contribution >= 0.6 is 12.2 Å².